The first-order valence-corrected chi connectivity index (χ1v) is 9.14. The van der Waals surface area contributed by atoms with Gasteiger partial charge in [-0.25, -0.2) is 9.59 Å². The predicted octanol–water partition coefficient (Wildman–Crippen LogP) is 3.31. The Hall–Kier alpha value is -3.61. The molecule has 2 aromatic rings. The van der Waals surface area contributed by atoms with E-state index in [9.17, 15) is 14.4 Å². The molecular formula is C22H22N2O5. The molecule has 1 fully saturated rings. The monoisotopic (exact) mass is 394 g/mol. The van der Waals surface area contributed by atoms with Gasteiger partial charge in [0.05, 0.1) is 6.04 Å². The van der Waals surface area contributed by atoms with Gasteiger partial charge >= 0.3 is 11.9 Å². The van der Waals surface area contributed by atoms with E-state index in [2.05, 4.69) is 10.6 Å². The summed E-state index contributed by atoms with van der Waals surface area (Å²) in [5, 5.41) is 5.78. The second-order valence-corrected chi connectivity index (χ2v) is 7.07. The summed E-state index contributed by atoms with van der Waals surface area (Å²) in [5.74, 6) is -3.08. The number of amides is 1. The van der Waals surface area contributed by atoms with Crippen molar-refractivity contribution in [3.63, 3.8) is 0 Å². The van der Waals surface area contributed by atoms with Gasteiger partial charge in [0.15, 0.2) is 5.57 Å². The smallest absolute Gasteiger partial charge is 0.350 e. The Labute approximate surface area is 168 Å². The Bertz CT molecular complexity index is 944. The Morgan fingerprint density at radius 2 is 1.66 bits per heavy atom. The summed E-state index contributed by atoms with van der Waals surface area (Å²) >= 11 is 0. The van der Waals surface area contributed by atoms with Crippen LogP contribution in [-0.2, 0) is 19.1 Å². The maximum Gasteiger partial charge on any atom is 0.350 e. The van der Waals surface area contributed by atoms with Crippen LogP contribution in [0.15, 0.2) is 66.4 Å². The van der Waals surface area contributed by atoms with Gasteiger partial charge in [0.1, 0.15) is 0 Å². The highest BCUT2D eigenvalue weighted by Gasteiger charge is 2.38. The first-order valence-electron chi connectivity index (χ1n) is 9.14. The van der Waals surface area contributed by atoms with E-state index < -0.39 is 17.7 Å². The first kappa shape index (κ1) is 20.1. The molecular weight excluding hydrogens is 372 g/mol. The summed E-state index contributed by atoms with van der Waals surface area (Å²) in [6.07, 6.45) is 1.21. The number of carbonyl (C=O) groups excluding carboxylic acids is 3. The minimum absolute atomic E-state index is 0.155. The number of rotatable bonds is 5. The zero-order chi connectivity index (χ0) is 21.0. The number of hydrogen-bond donors (Lipinski definition) is 2. The molecule has 2 aromatic carbocycles. The van der Waals surface area contributed by atoms with Crippen LogP contribution in [0.25, 0.3) is 0 Å². The van der Waals surface area contributed by atoms with Crippen LogP contribution in [0.3, 0.4) is 0 Å². The van der Waals surface area contributed by atoms with Gasteiger partial charge in [0.25, 0.3) is 11.7 Å². The van der Waals surface area contributed by atoms with Gasteiger partial charge in [-0.2, -0.15) is 0 Å². The first-order chi connectivity index (χ1) is 13.7. The molecule has 0 bridgehead atoms. The van der Waals surface area contributed by atoms with Gasteiger partial charge in [0.2, 0.25) is 0 Å². The van der Waals surface area contributed by atoms with Gasteiger partial charge in [-0.15, -0.1) is 0 Å². The number of cyclic esters (lactones) is 2. The molecule has 0 saturated carbocycles. The van der Waals surface area contributed by atoms with E-state index in [0.29, 0.717) is 11.3 Å². The van der Waals surface area contributed by atoms with Gasteiger partial charge in [-0.05, 0) is 30.7 Å². The van der Waals surface area contributed by atoms with Crippen molar-refractivity contribution >= 4 is 23.5 Å². The largest absolute Gasteiger partial charge is 0.419 e. The van der Waals surface area contributed by atoms with Gasteiger partial charge in [-0.1, -0.05) is 36.4 Å². The van der Waals surface area contributed by atoms with Crippen molar-refractivity contribution in [1.29, 1.82) is 0 Å². The molecule has 7 nitrogen and oxygen atoms in total. The number of carbonyl (C=O) groups is 3. The lowest BCUT2D eigenvalue weighted by Gasteiger charge is -2.29. The summed E-state index contributed by atoms with van der Waals surface area (Å²) in [4.78, 5) is 36.5. The minimum Gasteiger partial charge on any atom is -0.419 e. The summed E-state index contributed by atoms with van der Waals surface area (Å²) in [7, 11) is 0. The molecule has 1 aliphatic rings. The van der Waals surface area contributed by atoms with Crippen molar-refractivity contribution in [3.8, 4) is 0 Å². The van der Waals surface area contributed by atoms with Crippen LogP contribution in [0.2, 0.25) is 0 Å². The molecule has 1 amide bonds. The van der Waals surface area contributed by atoms with E-state index >= 15 is 0 Å². The van der Waals surface area contributed by atoms with E-state index in [1.807, 2.05) is 37.3 Å². The maximum atomic E-state index is 12.6. The third kappa shape index (κ3) is 5.01. The number of esters is 2. The molecule has 0 aromatic heterocycles. The second-order valence-electron chi connectivity index (χ2n) is 7.07. The quantitative estimate of drug-likeness (QED) is 0.459. The zero-order valence-corrected chi connectivity index (χ0v) is 16.4. The van der Waals surface area contributed by atoms with Crippen molar-refractivity contribution in [2.75, 3.05) is 5.32 Å². The summed E-state index contributed by atoms with van der Waals surface area (Å²) in [5.41, 5.74) is 1.71. The van der Waals surface area contributed by atoms with Crippen LogP contribution in [-0.4, -0.2) is 23.6 Å². The average Bonchev–Trinajstić information content (AvgIpc) is 2.67. The average molecular weight is 394 g/mol. The number of nitrogens with one attached hydrogen (secondary N) is 2. The number of ether oxygens (including phenoxy) is 2. The van der Waals surface area contributed by atoms with Crippen LogP contribution in [0.4, 0.5) is 5.69 Å². The van der Waals surface area contributed by atoms with Crippen LogP contribution >= 0.6 is 0 Å². The molecule has 1 unspecified atom stereocenters. The highest BCUT2D eigenvalue weighted by molar-refractivity contribution is 6.15. The Morgan fingerprint density at radius 3 is 2.31 bits per heavy atom. The molecule has 1 saturated heterocycles. The fraction of sp³-hybridized carbons (Fsp3) is 0.227. The number of hydrogen-bond acceptors (Lipinski definition) is 6. The molecule has 0 aliphatic carbocycles. The van der Waals surface area contributed by atoms with Crippen molar-refractivity contribution in [2.24, 2.45) is 0 Å². The molecule has 7 heteroatoms. The molecule has 3 rings (SSSR count). The lowest BCUT2D eigenvalue weighted by molar-refractivity contribution is -0.222. The number of anilines is 1. The van der Waals surface area contributed by atoms with Crippen LogP contribution in [0, 0.1) is 0 Å². The number of benzene rings is 2. The van der Waals surface area contributed by atoms with E-state index in [4.69, 9.17) is 9.47 Å². The Kier molecular flexibility index (Phi) is 5.68. The van der Waals surface area contributed by atoms with E-state index in [-0.39, 0.29) is 17.5 Å². The molecule has 1 heterocycles. The normalized spacial score (nSPS) is 16.3. The lowest BCUT2D eigenvalue weighted by Crippen LogP contribution is -2.42. The fourth-order valence-corrected chi connectivity index (χ4v) is 2.79. The SMILES string of the molecule is CC(NC(=O)c1cccc(NC=C2C(=O)OC(C)(C)OC2=O)c1)c1ccccc1. The van der Waals surface area contributed by atoms with Crippen molar-refractivity contribution in [2.45, 2.75) is 32.6 Å². The third-order valence-electron chi connectivity index (χ3n) is 4.27. The predicted molar refractivity (Wildman–Crippen MR) is 107 cm³/mol. The highest BCUT2D eigenvalue weighted by Crippen LogP contribution is 2.23. The van der Waals surface area contributed by atoms with E-state index in [1.165, 1.54) is 20.0 Å². The molecule has 0 radical (unpaired) electrons. The second kappa shape index (κ2) is 8.18. The fourth-order valence-electron chi connectivity index (χ4n) is 2.79. The van der Waals surface area contributed by atoms with Crippen LogP contribution in [0.5, 0.6) is 0 Å². The molecule has 2 N–H and O–H groups in total. The van der Waals surface area contributed by atoms with E-state index in [0.717, 1.165) is 5.56 Å². The maximum absolute atomic E-state index is 12.6. The van der Waals surface area contributed by atoms with Gasteiger partial charge < -0.3 is 20.1 Å². The van der Waals surface area contributed by atoms with Gasteiger partial charge in [0, 0.05) is 31.3 Å². The topological polar surface area (TPSA) is 93.7 Å². The minimum atomic E-state index is -1.29. The highest BCUT2D eigenvalue weighted by atomic mass is 16.7. The summed E-state index contributed by atoms with van der Waals surface area (Å²) in [6, 6.07) is 16.2. The summed E-state index contributed by atoms with van der Waals surface area (Å²) < 4.78 is 10.1. The molecule has 29 heavy (non-hydrogen) atoms. The van der Waals surface area contributed by atoms with E-state index in [1.54, 1.807) is 24.3 Å². The molecule has 1 atom stereocenters. The van der Waals surface area contributed by atoms with Crippen LogP contribution < -0.4 is 10.6 Å². The molecule has 1 aliphatic heterocycles. The molecule has 150 valence electrons. The lowest BCUT2D eigenvalue weighted by atomic mass is 10.1. The Balaban J connectivity index is 1.69. The molecule has 0 spiro atoms. The van der Waals surface area contributed by atoms with Crippen molar-refractivity contribution < 1.29 is 23.9 Å². The van der Waals surface area contributed by atoms with Crippen LogP contribution in [0.1, 0.15) is 42.7 Å². The van der Waals surface area contributed by atoms with Crippen molar-refractivity contribution in [1.82, 2.24) is 5.32 Å². The van der Waals surface area contributed by atoms with Crippen molar-refractivity contribution in [3.05, 3.63) is 77.5 Å². The standard InChI is InChI=1S/C22H22N2O5/c1-14(15-8-5-4-6-9-15)24-19(25)16-10-7-11-17(12-16)23-13-18-20(26)28-22(2,3)29-21(18)27/h4-14,23H,1-3H3,(H,24,25). The third-order valence-corrected chi connectivity index (χ3v) is 4.27. The zero-order valence-electron chi connectivity index (χ0n) is 16.4. The summed E-state index contributed by atoms with van der Waals surface area (Å²) in [6.45, 7) is 4.86. The van der Waals surface area contributed by atoms with Gasteiger partial charge in [-0.3, -0.25) is 4.79 Å². The Morgan fingerprint density at radius 1 is 1.00 bits per heavy atom.